The van der Waals surface area contributed by atoms with Crippen molar-refractivity contribution in [2.75, 3.05) is 13.2 Å². The molecule has 2 aromatic heterocycles. The number of nitrogens with zero attached hydrogens (tertiary/aromatic N) is 6. The summed E-state index contributed by atoms with van der Waals surface area (Å²) in [5, 5.41) is 81.3. The molecule has 246 valence electrons. The molecule has 6 N–H and O–H groups in total. The van der Waals surface area contributed by atoms with Gasteiger partial charge in [-0.25, -0.2) is 0 Å². The molecule has 2 aromatic carbocycles. The number of aliphatic hydroxyl groups is 6. The fraction of sp³-hybridized carbons (Fsp3) is 0.448. The summed E-state index contributed by atoms with van der Waals surface area (Å²) in [6.45, 7) is -0.900. The van der Waals surface area contributed by atoms with Gasteiger partial charge in [-0.1, -0.05) is 0 Å². The van der Waals surface area contributed by atoms with Crippen LogP contribution >= 0.6 is 10.2 Å². The summed E-state index contributed by atoms with van der Waals surface area (Å²) in [6.07, 6.45) is -2.80. The van der Waals surface area contributed by atoms with Gasteiger partial charge >= 0.3 is 272 Å². The van der Waals surface area contributed by atoms with Crippen LogP contribution in [0.3, 0.4) is 0 Å². The summed E-state index contributed by atoms with van der Waals surface area (Å²) >= 11 is -0.523. The van der Waals surface area contributed by atoms with Crippen molar-refractivity contribution in [1.82, 2.24) is 30.0 Å². The number of aliphatic hydroxyl groups excluding tert-OH is 6. The fourth-order valence-corrected chi connectivity index (χ4v) is 11.4. The Labute approximate surface area is 271 Å². The van der Waals surface area contributed by atoms with E-state index in [0.29, 0.717) is 22.5 Å². The quantitative estimate of drug-likeness (QED) is 0.132. The third-order valence-corrected chi connectivity index (χ3v) is 13.7. The monoisotopic (exact) mass is 726 g/mol. The van der Waals surface area contributed by atoms with Crippen LogP contribution in [0.15, 0.2) is 60.9 Å². The molecule has 1 saturated carbocycles. The first-order valence-electron chi connectivity index (χ1n) is 14.5. The van der Waals surface area contributed by atoms with Gasteiger partial charge in [-0.15, -0.1) is 0 Å². The maximum atomic E-state index is 13.8. The van der Waals surface area contributed by atoms with Gasteiger partial charge in [0.2, 0.25) is 0 Å². The fourth-order valence-electron chi connectivity index (χ4n) is 5.86. The average molecular weight is 726 g/mol. The van der Waals surface area contributed by atoms with Gasteiger partial charge in [0.15, 0.2) is 0 Å². The number of aromatic nitrogens is 6. The summed E-state index contributed by atoms with van der Waals surface area (Å²) in [5.41, 5.74) is 0.622. The maximum absolute atomic E-state index is 13.8. The molecule has 0 amide bonds. The second-order valence-corrected chi connectivity index (χ2v) is 15.8. The molecule has 17 heteroatoms. The van der Waals surface area contributed by atoms with Gasteiger partial charge in [-0.3, -0.25) is 0 Å². The van der Waals surface area contributed by atoms with Gasteiger partial charge in [0, 0.05) is 0 Å². The number of halogens is 2. The first-order valence-corrected chi connectivity index (χ1v) is 18.3. The molecule has 0 radical (unpaired) electrons. The molecule has 2 fully saturated rings. The van der Waals surface area contributed by atoms with Crippen LogP contribution in [0.5, 0.6) is 0 Å². The predicted molar refractivity (Wildman–Crippen MR) is 161 cm³/mol. The van der Waals surface area contributed by atoms with Crippen molar-refractivity contribution in [3.05, 3.63) is 72.6 Å². The van der Waals surface area contributed by atoms with Gasteiger partial charge in [-0.05, 0) is 0 Å². The summed E-state index contributed by atoms with van der Waals surface area (Å²) in [4.78, 5) is -0.454. The molecule has 46 heavy (non-hydrogen) atoms. The van der Waals surface area contributed by atoms with Gasteiger partial charge in [0.05, 0.1) is 0 Å². The molecule has 1 aliphatic carbocycles. The van der Waals surface area contributed by atoms with E-state index in [-0.39, 0.29) is 13.0 Å². The molecule has 4 aromatic rings. The van der Waals surface area contributed by atoms with Crippen molar-refractivity contribution in [2.24, 2.45) is 5.92 Å². The first kappa shape index (κ1) is 33.1. The van der Waals surface area contributed by atoms with E-state index in [1.165, 1.54) is 68.3 Å². The molecule has 0 spiro atoms. The third kappa shape index (κ3) is 6.62. The van der Waals surface area contributed by atoms with Gasteiger partial charge < -0.3 is 0 Å². The van der Waals surface area contributed by atoms with E-state index in [0.717, 1.165) is 0 Å². The van der Waals surface area contributed by atoms with E-state index in [4.69, 9.17) is 4.74 Å². The van der Waals surface area contributed by atoms with E-state index in [9.17, 15) is 39.4 Å². The summed E-state index contributed by atoms with van der Waals surface area (Å²) < 4.78 is 36.0. The molecule has 3 heterocycles. The Balaban J connectivity index is 1.19. The molecular weight excluding hydrogens is 693 g/mol. The molecular formula is C29H32F2N6O7SSe. The molecule has 0 bridgehead atoms. The topological polar surface area (TPSA) is 192 Å². The average Bonchev–Trinajstić information content (AvgIpc) is 3.73. The Morgan fingerprint density at radius 2 is 1.35 bits per heavy atom. The van der Waals surface area contributed by atoms with Crippen LogP contribution in [0.4, 0.5) is 8.78 Å². The summed E-state index contributed by atoms with van der Waals surface area (Å²) in [5.74, 6) is -1.52. The Morgan fingerprint density at radius 3 is 1.87 bits per heavy atom. The van der Waals surface area contributed by atoms with Crippen molar-refractivity contribution in [3.63, 3.8) is 0 Å². The van der Waals surface area contributed by atoms with Crippen LogP contribution in [0.2, 0.25) is 4.82 Å². The van der Waals surface area contributed by atoms with Crippen LogP contribution < -0.4 is 0 Å². The number of ether oxygens (including phenoxy) is 1. The zero-order valence-electron chi connectivity index (χ0n) is 24.0. The van der Waals surface area contributed by atoms with E-state index < -0.39 is 90.9 Å². The number of benzene rings is 2. The molecule has 0 unspecified atom stereocenters. The van der Waals surface area contributed by atoms with Gasteiger partial charge in [0.25, 0.3) is 0 Å². The first-order chi connectivity index (χ1) is 22.2. The van der Waals surface area contributed by atoms with Crippen molar-refractivity contribution in [2.45, 2.75) is 59.3 Å². The normalized spacial score (nSPS) is 31.7. The molecule has 10 atom stereocenters. The van der Waals surface area contributed by atoms with Crippen molar-refractivity contribution in [3.8, 4) is 22.5 Å². The SMILES string of the molecule is OC[C@H]1C[C@@H]([Se]S[C@@H]2O[C@H](CO)[C@H](O)[C@H](n3cc(-c4cccc(F)c4)nn3)[C@H]2O)[C@H](O)[C@@H](n2cc(-c3cccc(F)c3)nn2)[C@H]1O. The molecule has 6 rings (SSSR count). The summed E-state index contributed by atoms with van der Waals surface area (Å²) in [6, 6.07) is 9.49. The van der Waals surface area contributed by atoms with Gasteiger partial charge in [0.1, 0.15) is 0 Å². The zero-order chi connectivity index (χ0) is 32.5. The van der Waals surface area contributed by atoms with Crippen molar-refractivity contribution < 1.29 is 44.2 Å². The number of rotatable bonds is 9. The number of hydrogen-bond acceptors (Lipinski definition) is 12. The van der Waals surface area contributed by atoms with Crippen LogP contribution in [-0.4, -0.2) is 124 Å². The van der Waals surface area contributed by atoms with Gasteiger partial charge in [-0.2, -0.15) is 0 Å². The Morgan fingerprint density at radius 1 is 0.783 bits per heavy atom. The second-order valence-electron chi connectivity index (χ2n) is 11.3. The third-order valence-electron chi connectivity index (χ3n) is 8.33. The Bertz CT molecular complexity index is 1520. The van der Waals surface area contributed by atoms with Crippen LogP contribution in [0, 0.1) is 17.6 Å². The minimum absolute atomic E-state index is 0.270. The Kier molecular flexibility index (Phi) is 10.1. The molecule has 13 nitrogen and oxygen atoms in total. The predicted octanol–water partition coefficient (Wildman–Crippen LogP) is 0.578. The van der Waals surface area contributed by atoms with Crippen molar-refractivity contribution in [1.29, 1.82) is 0 Å². The molecule has 2 aliphatic rings. The molecule has 1 aliphatic heterocycles. The Hall–Kier alpha value is -2.83. The van der Waals surface area contributed by atoms with E-state index >= 15 is 0 Å². The zero-order valence-corrected chi connectivity index (χ0v) is 26.5. The van der Waals surface area contributed by atoms with E-state index in [1.807, 2.05) is 0 Å². The second kappa shape index (κ2) is 14.1. The standard InChI is InChI=1S/C29H32F2N6O7SSe/c30-17-5-1-3-14(7-17)19-10-36(34-32-19)23-25(40)16(12-38)9-22(27(23)42)46-45-29-28(43)24(26(41)21(13-39)44-29)37-11-20(33-35-37)15-4-2-6-18(31)8-15/h1-8,10-11,16,21-29,38-43H,9,12-13H2/t16-,21-,22-,23+,24+,25+,26+,27+,28-,29+/m1/s1. The number of hydrogen-bond donors (Lipinski definition) is 6. The van der Waals surface area contributed by atoms with Crippen LogP contribution in [-0.2, 0) is 4.74 Å². The molecule has 1 saturated heterocycles. The summed E-state index contributed by atoms with van der Waals surface area (Å²) in [7, 11) is 1.20. The minimum atomic E-state index is -1.36. The van der Waals surface area contributed by atoms with E-state index in [1.54, 1.807) is 12.1 Å². The van der Waals surface area contributed by atoms with E-state index in [2.05, 4.69) is 20.6 Å². The van der Waals surface area contributed by atoms with Crippen LogP contribution in [0.25, 0.3) is 22.5 Å². The van der Waals surface area contributed by atoms with Crippen molar-refractivity contribution >= 4 is 24.0 Å². The van der Waals surface area contributed by atoms with Crippen LogP contribution in [0.1, 0.15) is 18.5 Å².